The van der Waals surface area contributed by atoms with E-state index in [1.807, 2.05) is 48.5 Å². The van der Waals surface area contributed by atoms with Gasteiger partial charge in [0, 0.05) is 18.7 Å². The zero-order chi connectivity index (χ0) is 21.4. The first kappa shape index (κ1) is 19.8. The molecule has 1 N–H and O–H groups in total. The van der Waals surface area contributed by atoms with Gasteiger partial charge in [0.25, 0.3) is 5.91 Å². The zero-order valence-electron chi connectivity index (χ0n) is 17.8. The van der Waals surface area contributed by atoms with Gasteiger partial charge in [0.1, 0.15) is 5.82 Å². The third-order valence-corrected chi connectivity index (χ3v) is 6.72. The number of aromatic nitrogens is 2. The molecule has 0 spiro atoms. The molecule has 2 heterocycles. The first-order valence-electron chi connectivity index (χ1n) is 11.1. The second-order valence-electron chi connectivity index (χ2n) is 8.78. The summed E-state index contributed by atoms with van der Waals surface area (Å²) in [6.45, 7) is 2.31. The number of amides is 1. The van der Waals surface area contributed by atoms with Gasteiger partial charge in [-0.3, -0.25) is 9.59 Å². The number of hydrogen-bond acceptors (Lipinski definition) is 4. The summed E-state index contributed by atoms with van der Waals surface area (Å²) in [6, 6.07) is 15.8. The Balaban J connectivity index is 1.32. The number of nitrogens with zero attached hydrogens (tertiary/aromatic N) is 2. The highest BCUT2D eigenvalue weighted by Gasteiger charge is 2.45. The van der Waals surface area contributed by atoms with E-state index in [2.05, 4.69) is 9.97 Å². The molecule has 31 heavy (non-hydrogen) atoms. The van der Waals surface area contributed by atoms with Crippen LogP contribution >= 0.6 is 0 Å². The fourth-order valence-electron chi connectivity index (χ4n) is 5.04. The first-order valence-corrected chi connectivity index (χ1v) is 11.1. The van der Waals surface area contributed by atoms with Gasteiger partial charge in [-0.1, -0.05) is 43.2 Å². The third kappa shape index (κ3) is 3.60. The summed E-state index contributed by atoms with van der Waals surface area (Å²) in [5, 5.41) is 0. The van der Waals surface area contributed by atoms with E-state index in [1.165, 1.54) is 0 Å². The largest absolute Gasteiger partial charge is 0.452 e. The molecule has 1 atom stereocenters. The molecule has 1 aliphatic carbocycles. The molecular weight excluding hydrogens is 390 g/mol. The van der Waals surface area contributed by atoms with Gasteiger partial charge < -0.3 is 14.6 Å². The molecule has 6 nitrogen and oxygen atoms in total. The Kier molecular flexibility index (Phi) is 5.00. The van der Waals surface area contributed by atoms with E-state index in [0.29, 0.717) is 13.0 Å². The Morgan fingerprint density at radius 3 is 2.68 bits per heavy atom. The molecule has 0 radical (unpaired) electrons. The van der Waals surface area contributed by atoms with E-state index in [1.54, 1.807) is 11.8 Å². The number of carbonyl (C=O) groups excluding carboxylic acids is 2. The fraction of sp³-hybridized carbons (Fsp3) is 0.400. The lowest BCUT2D eigenvalue weighted by Crippen LogP contribution is -2.42. The van der Waals surface area contributed by atoms with Crippen LogP contribution in [-0.4, -0.2) is 34.5 Å². The minimum absolute atomic E-state index is 0.157. The number of imidazole rings is 1. The van der Waals surface area contributed by atoms with Crippen LogP contribution in [0.5, 0.6) is 0 Å². The van der Waals surface area contributed by atoms with Crippen molar-refractivity contribution in [3.8, 4) is 0 Å². The molecule has 1 saturated carbocycles. The molecule has 0 saturated heterocycles. The molecule has 1 aliphatic heterocycles. The van der Waals surface area contributed by atoms with Gasteiger partial charge in [0.05, 0.1) is 16.4 Å². The Morgan fingerprint density at radius 1 is 1.13 bits per heavy atom. The second kappa shape index (κ2) is 7.84. The monoisotopic (exact) mass is 417 g/mol. The summed E-state index contributed by atoms with van der Waals surface area (Å²) >= 11 is 0. The molecule has 5 rings (SSSR count). The SMILES string of the molecule is C[C@H](OC(=O)C1(Cc2nc3ccccc3[nH]2)CCCC1)C(=O)N1CCc2ccccc21. The average molecular weight is 418 g/mol. The van der Waals surface area contributed by atoms with E-state index in [4.69, 9.17) is 4.74 Å². The van der Waals surface area contributed by atoms with Crippen molar-refractivity contribution in [1.82, 2.24) is 9.97 Å². The Bertz CT molecular complexity index is 1100. The van der Waals surface area contributed by atoms with E-state index in [9.17, 15) is 9.59 Å². The van der Waals surface area contributed by atoms with E-state index in [0.717, 1.165) is 60.2 Å². The lowest BCUT2D eigenvalue weighted by Gasteiger charge is -2.29. The number of nitrogens with one attached hydrogen (secondary N) is 1. The van der Waals surface area contributed by atoms with Gasteiger partial charge >= 0.3 is 5.97 Å². The molecule has 0 bridgehead atoms. The smallest absolute Gasteiger partial charge is 0.313 e. The van der Waals surface area contributed by atoms with Crippen LogP contribution in [0.1, 0.15) is 44.0 Å². The maximum absolute atomic E-state index is 13.3. The van der Waals surface area contributed by atoms with Crippen LogP contribution in [0.4, 0.5) is 5.69 Å². The number of ether oxygens (including phenoxy) is 1. The van der Waals surface area contributed by atoms with Crippen LogP contribution in [0.2, 0.25) is 0 Å². The zero-order valence-corrected chi connectivity index (χ0v) is 17.8. The summed E-state index contributed by atoms with van der Waals surface area (Å²) in [4.78, 5) is 36.1. The van der Waals surface area contributed by atoms with Crippen LogP contribution in [-0.2, 0) is 27.2 Å². The second-order valence-corrected chi connectivity index (χ2v) is 8.78. The molecular formula is C25H27N3O3. The van der Waals surface area contributed by atoms with Gasteiger partial charge in [-0.2, -0.15) is 0 Å². The molecule has 6 heteroatoms. The quantitative estimate of drug-likeness (QED) is 0.632. The molecule has 2 aliphatic rings. The summed E-state index contributed by atoms with van der Waals surface area (Å²) < 4.78 is 5.80. The van der Waals surface area contributed by atoms with Gasteiger partial charge in [-0.15, -0.1) is 0 Å². The maximum Gasteiger partial charge on any atom is 0.313 e. The van der Waals surface area contributed by atoms with Crippen molar-refractivity contribution < 1.29 is 14.3 Å². The minimum atomic E-state index is -0.813. The highest BCUT2D eigenvalue weighted by atomic mass is 16.5. The van der Waals surface area contributed by atoms with Gasteiger partial charge in [-0.05, 0) is 49.9 Å². The van der Waals surface area contributed by atoms with Crippen molar-refractivity contribution >= 4 is 28.6 Å². The van der Waals surface area contributed by atoms with Crippen LogP contribution in [0, 0.1) is 5.41 Å². The van der Waals surface area contributed by atoms with E-state index in [-0.39, 0.29) is 11.9 Å². The predicted octanol–water partition coefficient (Wildman–Crippen LogP) is 4.19. The van der Waals surface area contributed by atoms with Crippen LogP contribution in [0.15, 0.2) is 48.5 Å². The number of esters is 1. The van der Waals surface area contributed by atoms with Crippen molar-refractivity contribution in [2.45, 2.75) is 51.6 Å². The Morgan fingerprint density at radius 2 is 1.87 bits per heavy atom. The molecule has 1 fully saturated rings. The predicted molar refractivity (Wildman–Crippen MR) is 119 cm³/mol. The summed E-state index contributed by atoms with van der Waals surface area (Å²) in [7, 11) is 0. The Labute approximate surface area is 181 Å². The number of benzene rings is 2. The maximum atomic E-state index is 13.3. The van der Waals surface area contributed by atoms with E-state index >= 15 is 0 Å². The van der Waals surface area contributed by atoms with Gasteiger partial charge in [0.15, 0.2) is 6.10 Å². The molecule has 1 amide bonds. The van der Waals surface area contributed by atoms with Crippen LogP contribution in [0.25, 0.3) is 11.0 Å². The molecule has 1 aromatic heterocycles. The summed E-state index contributed by atoms with van der Waals surface area (Å²) in [5.41, 5.74) is 3.33. The topological polar surface area (TPSA) is 75.3 Å². The third-order valence-electron chi connectivity index (χ3n) is 6.72. The number of rotatable bonds is 5. The number of hydrogen-bond donors (Lipinski definition) is 1. The number of para-hydroxylation sites is 3. The van der Waals surface area contributed by atoms with E-state index < -0.39 is 11.5 Å². The average Bonchev–Trinajstić information content (AvgIpc) is 3.51. The number of aromatic amines is 1. The molecule has 2 aromatic carbocycles. The number of anilines is 1. The van der Waals surface area contributed by atoms with Gasteiger partial charge in [-0.25, -0.2) is 4.98 Å². The van der Waals surface area contributed by atoms with Crippen LogP contribution < -0.4 is 4.90 Å². The van der Waals surface area contributed by atoms with Crippen molar-refractivity contribution in [3.05, 3.63) is 59.9 Å². The van der Waals surface area contributed by atoms with Crippen molar-refractivity contribution in [2.75, 3.05) is 11.4 Å². The summed E-state index contributed by atoms with van der Waals surface area (Å²) in [6.07, 6.45) is 4.01. The number of carbonyl (C=O) groups is 2. The minimum Gasteiger partial charge on any atom is -0.452 e. The molecule has 3 aromatic rings. The normalized spacial score (nSPS) is 18.2. The Hall–Kier alpha value is -3.15. The number of H-pyrrole nitrogens is 1. The fourth-order valence-corrected chi connectivity index (χ4v) is 5.04. The molecule has 160 valence electrons. The lowest BCUT2D eigenvalue weighted by molar-refractivity contribution is -0.164. The molecule has 0 unspecified atom stereocenters. The van der Waals surface area contributed by atoms with Crippen molar-refractivity contribution in [1.29, 1.82) is 0 Å². The lowest BCUT2D eigenvalue weighted by atomic mass is 9.82. The standard InChI is InChI=1S/C25H27N3O3/c1-17(23(29)28-15-12-18-8-2-5-11-21(18)28)31-24(30)25(13-6-7-14-25)16-22-26-19-9-3-4-10-20(19)27-22/h2-5,8-11,17H,6-7,12-16H2,1H3,(H,26,27)/t17-/m0/s1. The highest BCUT2D eigenvalue weighted by molar-refractivity contribution is 5.99. The highest BCUT2D eigenvalue weighted by Crippen LogP contribution is 2.42. The van der Waals surface area contributed by atoms with Crippen LogP contribution in [0.3, 0.4) is 0 Å². The van der Waals surface area contributed by atoms with Gasteiger partial charge in [0.2, 0.25) is 0 Å². The first-order chi connectivity index (χ1) is 15.1. The number of fused-ring (bicyclic) bond motifs is 2. The van der Waals surface area contributed by atoms with Crippen molar-refractivity contribution in [3.63, 3.8) is 0 Å². The van der Waals surface area contributed by atoms with Crippen molar-refractivity contribution in [2.24, 2.45) is 5.41 Å². The summed E-state index contributed by atoms with van der Waals surface area (Å²) in [5.74, 6) is 0.362.